The Morgan fingerprint density at radius 2 is 2.10 bits per heavy atom. The van der Waals surface area contributed by atoms with E-state index >= 15 is 0 Å². The van der Waals surface area contributed by atoms with Crippen LogP contribution in [0.5, 0.6) is 0 Å². The van der Waals surface area contributed by atoms with Crippen LogP contribution in [0.3, 0.4) is 0 Å². The van der Waals surface area contributed by atoms with E-state index in [9.17, 15) is 18.4 Å². The fraction of sp³-hybridized carbons (Fsp3) is 0.429. The number of hydrogen-bond acceptors (Lipinski definition) is 3. The maximum atomic E-state index is 13.8. The van der Waals surface area contributed by atoms with Crippen LogP contribution in [0, 0.1) is 18.6 Å². The van der Waals surface area contributed by atoms with Crippen LogP contribution in [-0.2, 0) is 9.53 Å². The lowest BCUT2D eigenvalue weighted by Gasteiger charge is -2.32. The highest BCUT2D eigenvalue weighted by Crippen LogP contribution is 2.18. The average Bonchev–Trinajstić information content (AvgIpc) is 2.41. The second kappa shape index (κ2) is 6.17. The van der Waals surface area contributed by atoms with Crippen molar-refractivity contribution in [2.45, 2.75) is 19.4 Å². The zero-order valence-electron chi connectivity index (χ0n) is 11.4. The van der Waals surface area contributed by atoms with Crippen molar-refractivity contribution < 1.29 is 28.2 Å². The molecule has 114 valence electrons. The third-order valence-corrected chi connectivity index (χ3v) is 3.31. The predicted molar refractivity (Wildman–Crippen MR) is 69.0 cm³/mol. The van der Waals surface area contributed by atoms with Gasteiger partial charge in [0.25, 0.3) is 5.91 Å². The van der Waals surface area contributed by atoms with E-state index in [0.717, 1.165) is 12.1 Å². The number of morpholine rings is 1. The summed E-state index contributed by atoms with van der Waals surface area (Å²) in [5.41, 5.74) is -0.233. The number of ether oxygens (including phenoxy) is 1. The number of carboxylic acid groups (broad SMARTS) is 1. The number of aliphatic carboxylic acids is 1. The number of rotatable bonds is 3. The molecule has 0 aromatic heterocycles. The average molecular weight is 299 g/mol. The maximum Gasteiger partial charge on any atom is 0.306 e. The Balaban J connectivity index is 2.16. The van der Waals surface area contributed by atoms with Crippen LogP contribution in [0.2, 0.25) is 0 Å². The van der Waals surface area contributed by atoms with E-state index in [4.69, 9.17) is 9.84 Å². The van der Waals surface area contributed by atoms with Crippen molar-refractivity contribution >= 4 is 11.9 Å². The summed E-state index contributed by atoms with van der Waals surface area (Å²) in [4.78, 5) is 24.2. The molecule has 0 spiro atoms. The first-order valence-electron chi connectivity index (χ1n) is 6.47. The second-order valence-corrected chi connectivity index (χ2v) is 4.92. The van der Waals surface area contributed by atoms with Crippen LogP contribution < -0.4 is 0 Å². The van der Waals surface area contributed by atoms with Crippen LogP contribution in [0.1, 0.15) is 22.3 Å². The number of benzene rings is 1. The quantitative estimate of drug-likeness (QED) is 0.920. The van der Waals surface area contributed by atoms with Gasteiger partial charge in [-0.3, -0.25) is 9.59 Å². The fourth-order valence-corrected chi connectivity index (χ4v) is 2.20. The molecular weight excluding hydrogens is 284 g/mol. The number of carbonyl (C=O) groups is 2. The summed E-state index contributed by atoms with van der Waals surface area (Å²) in [7, 11) is 0. The molecule has 0 radical (unpaired) electrons. The largest absolute Gasteiger partial charge is 0.481 e. The van der Waals surface area contributed by atoms with Gasteiger partial charge in [0.2, 0.25) is 0 Å². The smallest absolute Gasteiger partial charge is 0.306 e. The summed E-state index contributed by atoms with van der Waals surface area (Å²) in [6.45, 7) is 1.83. The lowest BCUT2D eigenvalue weighted by Crippen LogP contribution is -2.46. The van der Waals surface area contributed by atoms with Crippen molar-refractivity contribution in [3.05, 3.63) is 34.9 Å². The number of halogens is 2. The summed E-state index contributed by atoms with van der Waals surface area (Å²) >= 11 is 0. The third-order valence-electron chi connectivity index (χ3n) is 3.31. The number of hydrogen-bond donors (Lipinski definition) is 1. The Morgan fingerprint density at radius 3 is 2.76 bits per heavy atom. The first kappa shape index (κ1) is 15.4. The molecule has 0 aliphatic carbocycles. The van der Waals surface area contributed by atoms with Gasteiger partial charge >= 0.3 is 5.97 Å². The summed E-state index contributed by atoms with van der Waals surface area (Å²) in [6.07, 6.45) is -0.882. The van der Waals surface area contributed by atoms with Crippen molar-refractivity contribution in [1.29, 1.82) is 0 Å². The predicted octanol–water partition coefficient (Wildman–Crippen LogP) is 1.59. The third kappa shape index (κ3) is 3.55. The number of carbonyl (C=O) groups excluding carboxylic acids is 1. The maximum absolute atomic E-state index is 13.8. The van der Waals surface area contributed by atoms with Crippen LogP contribution in [0.4, 0.5) is 8.78 Å². The Morgan fingerprint density at radius 1 is 1.38 bits per heavy atom. The molecule has 0 unspecified atom stereocenters. The number of nitrogens with zero attached hydrogens (tertiary/aromatic N) is 1. The van der Waals surface area contributed by atoms with Gasteiger partial charge < -0.3 is 14.7 Å². The molecule has 7 heteroatoms. The van der Waals surface area contributed by atoms with Crippen LogP contribution in [0.25, 0.3) is 0 Å². The molecule has 0 saturated carbocycles. The van der Waals surface area contributed by atoms with E-state index in [0.29, 0.717) is 0 Å². The number of aryl methyl sites for hydroxylation is 1. The zero-order valence-corrected chi connectivity index (χ0v) is 11.4. The molecule has 1 amide bonds. The van der Waals surface area contributed by atoms with Crippen molar-refractivity contribution in [3.63, 3.8) is 0 Å². The van der Waals surface area contributed by atoms with E-state index in [-0.39, 0.29) is 37.2 Å². The molecule has 1 aromatic rings. The molecule has 1 fully saturated rings. The van der Waals surface area contributed by atoms with Gasteiger partial charge in [0, 0.05) is 13.1 Å². The number of amides is 1. The van der Waals surface area contributed by atoms with Gasteiger partial charge in [-0.15, -0.1) is 0 Å². The molecule has 0 bridgehead atoms. The topological polar surface area (TPSA) is 66.8 Å². The van der Waals surface area contributed by atoms with Crippen molar-refractivity contribution in [1.82, 2.24) is 4.90 Å². The SMILES string of the molecule is Cc1cc(F)c(C(=O)N2CCO[C@H](CC(=O)O)C2)cc1F. The minimum atomic E-state index is -1.04. The summed E-state index contributed by atoms with van der Waals surface area (Å²) in [6, 6.07) is 1.84. The minimum Gasteiger partial charge on any atom is -0.481 e. The lowest BCUT2D eigenvalue weighted by molar-refractivity contribution is -0.141. The molecule has 5 nitrogen and oxygen atoms in total. The van der Waals surface area contributed by atoms with Gasteiger partial charge in [0.05, 0.1) is 24.7 Å². The Bertz CT molecular complexity index is 576. The van der Waals surface area contributed by atoms with Gasteiger partial charge in [0.1, 0.15) is 11.6 Å². The molecule has 1 heterocycles. The first-order chi connectivity index (χ1) is 9.88. The normalized spacial score (nSPS) is 18.6. The summed E-state index contributed by atoms with van der Waals surface area (Å²) in [5, 5.41) is 8.73. The Hall–Kier alpha value is -2.02. The van der Waals surface area contributed by atoms with Crippen LogP contribution >= 0.6 is 0 Å². The van der Waals surface area contributed by atoms with Gasteiger partial charge in [-0.05, 0) is 24.6 Å². The molecule has 21 heavy (non-hydrogen) atoms. The zero-order chi connectivity index (χ0) is 15.6. The molecule has 1 aliphatic rings. The van der Waals surface area contributed by atoms with Crippen LogP contribution in [0.15, 0.2) is 12.1 Å². The molecule has 1 aromatic carbocycles. The Kier molecular flexibility index (Phi) is 4.52. The van der Waals surface area contributed by atoms with E-state index in [1.54, 1.807) is 0 Å². The molecular formula is C14H15F2NO4. The van der Waals surface area contributed by atoms with E-state index in [1.165, 1.54) is 11.8 Å². The van der Waals surface area contributed by atoms with E-state index in [1.807, 2.05) is 0 Å². The van der Waals surface area contributed by atoms with Crippen LogP contribution in [-0.4, -0.2) is 47.7 Å². The summed E-state index contributed by atoms with van der Waals surface area (Å²) in [5.74, 6) is -3.15. The highest BCUT2D eigenvalue weighted by Gasteiger charge is 2.28. The summed E-state index contributed by atoms with van der Waals surface area (Å²) < 4.78 is 32.5. The molecule has 2 rings (SSSR count). The van der Waals surface area contributed by atoms with Crippen molar-refractivity contribution in [2.24, 2.45) is 0 Å². The second-order valence-electron chi connectivity index (χ2n) is 4.92. The monoisotopic (exact) mass is 299 g/mol. The minimum absolute atomic E-state index is 0.0417. The highest BCUT2D eigenvalue weighted by molar-refractivity contribution is 5.94. The van der Waals surface area contributed by atoms with Gasteiger partial charge in [0.15, 0.2) is 0 Å². The van der Waals surface area contributed by atoms with Gasteiger partial charge in [-0.2, -0.15) is 0 Å². The first-order valence-corrected chi connectivity index (χ1v) is 6.47. The van der Waals surface area contributed by atoms with Gasteiger partial charge in [-0.1, -0.05) is 0 Å². The standard InChI is InChI=1S/C14H15F2NO4/c1-8-4-12(16)10(6-11(8)15)14(20)17-2-3-21-9(7-17)5-13(18)19/h4,6,9H,2-3,5,7H2,1H3,(H,18,19)/t9-/m1/s1. The molecule has 1 aliphatic heterocycles. The Labute approximate surface area is 120 Å². The van der Waals surface area contributed by atoms with Crippen molar-refractivity contribution in [3.8, 4) is 0 Å². The van der Waals surface area contributed by atoms with Crippen molar-refractivity contribution in [2.75, 3.05) is 19.7 Å². The lowest BCUT2D eigenvalue weighted by atomic mass is 10.1. The molecule has 1 saturated heterocycles. The molecule has 1 N–H and O–H groups in total. The van der Waals surface area contributed by atoms with Gasteiger partial charge in [-0.25, -0.2) is 8.78 Å². The fourth-order valence-electron chi connectivity index (χ4n) is 2.20. The number of carboxylic acids is 1. The van der Waals surface area contributed by atoms with E-state index < -0.39 is 29.6 Å². The highest BCUT2D eigenvalue weighted by atomic mass is 19.1. The molecule has 1 atom stereocenters. The van der Waals surface area contributed by atoms with E-state index in [2.05, 4.69) is 0 Å².